The molecule has 1 amide bonds. The second-order valence-corrected chi connectivity index (χ2v) is 6.43. The number of aryl methyl sites for hydroxylation is 1. The normalized spacial score (nSPS) is 10.6. The van der Waals surface area contributed by atoms with Crippen LogP contribution in [0.2, 0.25) is 0 Å². The molecule has 2 heterocycles. The Morgan fingerprint density at radius 3 is 2.95 bits per heavy atom. The SMILES string of the molecule is CCn1nnnc1Sc1ncc(NC(=O)c2ccccc2)s1. The average molecular weight is 332 g/mol. The van der Waals surface area contributed by atoms with Gasteiger partial charge in [0, 0.05) is 12.1 Å². The summed E-state index contributed by atoms with van der Waals surface area (Å²) in [5.74, 6) is -0.154. The number of hydrogen-bond acceptors (Lipinski definition) is 7. The number of nitrogens with zero attached hydrogens (tertiary/aromatic N) is 5. The Morgan fingerprint density at radius 1 is 1.36 bits per heavy atom. The number of benzene rings is 1. The number of carbonyl (C=O) groups excluding carboxylic acids is 1. The van der Waals surface area contributed by atoms with Crippen molar-refractivity contribution in [3.8, 4) is 0 Å². The number of thiazole rings is 1. The van der Waals surface area contributed by atoms with Crippen LogP contribution in [0.25, 0.3) is 0 Å². The summed E-state index contributed by atoms with van der Waals surface area (Å²) in [5.41, 5.74) is 0.611. The summed E-state index contributed by atoms with van der Waals surface area (Å²) in [7, 11) is 0. The summed E-state index contributed by atoms with van der Waals surface area (Å²) in [6, 6.07) is 9.06. The predicted octanol–water partition coefficient (Wildman–Crippen LogP) is 2.55. The molecule has 9 heteroatoms. The van der Waals surface area contributed by atoms with Gasteiger partial charge >= 0.3 is 0 Å². The van der Waals surface area contributed by atoms with Crippen LogP contribution in [0.4, 0.5) is 5.00 Å². The van der Waals surface area contributed by atoms with Crippen LogP contribution in [0.1, 0.15) is 17.3 Å². The molecule has 0 bridgehead atoms. The van der Waals surface area contributed by atoms with E-state index in [4.69, 9.17) is 0 Å². The zero-order valence-corrected chi connectivity index (χ0v) is 13.3. The maximum absolute atomic E-state index is 12.1. The predicted molar refractivity (Wildman–Crippen MR) is 84.1 cm³/mol. The quantitative estimate of drug-likeness (QED) is 0.773. The van der Waals surface area contributed by atoms with Crippen molar-refractivity contribution in [1.29, 1.82) is 0 Å². The Morgan fingerprint density at radius 2 is 2.18 bits per heavy atom. The second-order valence-electron chi connectivity index (χ2n) is 4.19. The molecule has 0 unspecified atom stereocenters. The molecule has 0 aliphatic rings. The molecule has 22 heavy (non-hydrogen) atoms. The number of anilines is 1. The van der Waals surface area contributed by atoms with Crippen LogP contribution < -0.4 is 5.32 Å². The van der Waals surface area contributed by atoms with Gasteiger partial charge in [0.15, 0.2) is 4.34 Å². The van der Waals surface area contributed by atoms with Gasteiger partial charge in [-0.1, -0.05) is 29.5 Å². The zero-order chi connectivity index (χ0) is 15.4. The van der Waals surface area contributed by atoms with E-state index in [2.05, 4.69) is 25.8 Å². The van der Waals surface area contributed by atoms with E-state index >= 15 is 0 Å². The van der Waals surface area contributed by atoms with Gasteiger partial charge in [-0.3, -0.25) is 4.79 Å². The molecule has 3 rings (SSSR count). The number of carbonyl (C=O) groups is 1. The smallest absolute Gasteiger partial charge is 0.256 e. The number of amides is 1. The number of rotatable bonds is 5. The van der Waals surface area contributed by atoms with Crippen molar-refractivity contribution in [3.05, 3.63) is 42.1 Å². The largest absolute Gasteiger partial charge is 0.312 e. The highest BCUT2D eigenvalue weighted by Crippen LogP contribution is 2.32. The lowest BCUT2D eigenvalue weighted by atomic mass is 10.2. The second kappa shape index (κ2) is 6.67. The van der Waals surface area contributed by atoms with Crippen LogP contribution in [-0.2, 0) is 6.54 Å². The van der Waals surface area contributed by atoms with Crippen molar-refractivity contribution in [1.82, 2.24) is 25.2 Å². The van der Waals surface area contributed by atoms with Gasteiger partial charge in [-0.25, -0.2) is 9.67 Å². The van der Waals surface area contributed by atoms with Crippen molar-refractivity contribution in [2.24, 2.45) is 0 Å². The molecule has 0 spiro atoms. The van der Waals surface area contributed by atoms with Gasteiger partial charge in [0.25, 0.3) is 5.91 Å². The highest BCUT2D eigenvalue weighted by molar-refractivity contribution is 8.00. The lowest BCUT2D eigenvalue weighted by Gasteiger charge is -2.01. The molecule has 0 fully saturated rings. The first-order valence-corrected chi connectivity index (χ1v) is 8.16. The number of aromatic nitrogens is 5. The third kappa shape index (κ3) is 3.31. The zero-order valence-electron chi connectivity index (χ0n) is 11.6. The number of nitrogens with one attached hydrogen (secondary N) is 1. The van der Waals surface area contributed by atoms with Gasteiger partial charge in [0.2, 0.25) is 5.16 Å². The van der Waals surface area contributed by atoms with Crippen LogP contribution >= 0.6 is 23.1 Å². The highest BCUT2D eigenvalue weighted by atomic mass is 32.2. The van der Waals surface area contributed by atoms with Gasteiger partial charge in [-0.15, -0.1) is 5.10 Å². The first-order chi connectivity index (χ1) is 10.8. The molecule has 0 atom stereocenters. The standard InChI is InChI=1S/C13H12N6OS2/c1-2-19-12(16-17-18-19)22-13-14-8-10(21-13)15-11(20)9-6-4-3-5-7-9/h3-8H,2H2,1H3,(H,15,20). The summed E-state index contributed by atoms with van der Waals surface area (Å²) < 4.78 is 2.46. The fourth-order valence-electron chi connectivity index (χ4n) is 1.68. The van der Waals surface area contributed by atoms with E-state index in [0.717, 1.165) is 4.34 Å². The molecule has 0 aliphatic carbocycles. The van der Waals surface area contributed by atoms with E-state index < -0.39 is 0 Å². The fourth-order valence-corrected chi connectivity index (χ4v) is 3.49. The van der Waals surface area contributed by atoms with Gasteiger partial charge in [-0.05, 0) is 41.2 Å². The van der Waals surface area contributed by atoms with Gasteiger partial charge < -0.3 is 5.32 Å². The number of hydrogen-bond donors (Lipinski definition) is 1. The third-order valence-corrected chi connectivity index (χ3v) is 4.70. The summed E-state index contributed by atoms with van der Waals surface area (Å²) >= 11 is 2.76. The summed E-state index contributed by atoms with van der Waals surface area (Å²) in [6.07, 6.45) is 1.63. The average Bonchev–Trinajstić information content (AvgIpc) is 3.18. The Bertz CT molecular complexity index is 770. The van der Waals surface area contributed by atoms with Crippen LogP contribution in [0, 0.1) is 0 Å². The van der Waals surface area contributed by atoms with Crippen LogP contribution in [-0.4, -0.2) is 31.1 Å². The van der Waals surface area contributed by atoms with Gasteiger partial charge in [0.05, 0.1) is 6.20 Å². The van der Waals surface area contributed by atoms with Crippen molar-refractivity contribution in [3.63, 3.8) is 0 Å². The molecule has 0 aliphatic heterocycles. The maximum Gasteiger partial charge on any atom is 0.256 e. The Labute approximate surface area is 134 Å². The van der Waals surface area contributed by atoms with E-state index in [1.165, 1.54) is 23.1 Å². The third-order valence-electron chi connectivity index (χ3n) is 2.73. The van der Waals surface area contributed by atoms with E-state index in [1.54, 1.807) is 23.0 Å². The Balaban J connectivity index is 1.68. The van der Waals surface area contributed by atoms with Gasteiger partial charge in [0.1, 0.15) is 5.00 Å². The monoisotopic (exact) mass is 332 g/mol. The summed E-state index contributed by atoms with van der Waals surface area (Å²) in [4.78, 5) is 16.3. The van der Waals surface area contributed by atoms with Crippen LogP contribution in [0.15, 0.2) is 46.0 Å². The minimum absolute atomic E-state index is 0.154. The molecule has 0 saturated heterocycles. The molecule has 3 aromatic rings. The topological polar surface area (TPSA) is 85.6 Å². The number of tetrazole rings is 1. The molecule has 2 aromatic heterocycles. The molecule has 112 valence electrons. The molecular weight excluding hydrogens is 320 g/mol. The van der Waals surface area contributed by atoms with Crippen LogP contribution in [0.5, 0.6) is 0 Å². The molecule has 7 nitrogen and oxygen atoms in total. The molecule has 0 radical (unpaired) electrons. The fraction of sp³-hybridized carbons (Fsp3) is 0.154. The maximum atomic E-state index is 12.1. The lowest BCUT2D eigenvalue weighted by molar-refractivity contribution is 0.102. The van der Waals surface area contributed by atoms with Crippen molar-refractivity contribution in [2.75, 3.05) is 5.32 Å². The summed E-state index contributed by atoms with van der Waals surface area (Å²) in [6.45, 7) is 2.66. The Kier molecular flexibility index (Phi) is 4.45. The first kappa shape index (κ1) is 14.7. The van der Waals surface area contributed by atoms with E-state index in [1.807, 2.05) is 25.1 Å². The van der Waals surface area contributed by atoms with E-state index in [9.17, 15) is 4.79 Å². The molecular formula is C13H12N6OS2. The summed E-state index contributed by atoms with van der Waals surface area (Å²) in [5, 5.41) is 15.6. The minimum atomic E-state index is -0.154. The van der Waals surface area contributed by atoms with Crippen molar-refractivity contribution >= 4 is 34.0 Å². The molecule has 1 N–H and O–H groups in total. The van der Waals surface area contributed by atoms with E-state index in [0.29, 0.717) is 22.3 Å². The van der Waals surface area contributed by atoms with Gasteiger partial charge in [-0.2, -0.15) is 0 Å². The van der Waals surface area contributed by atoms with Crippen molar-refractivity contribution < 1.29 is 4.79 Å². The molecule has 1 aromatic carbocycles. The van der Waals surface area contributed by atoms with Crippen LogP contribution in [0.3, 0.4) is 0 Å². The highest BCUT2D eigenvalue weighted by Gasteiger charge is 2.12. The Hall–Kier alpha value is -2.26. The van der Waals surface area contributed by atoms with E-state index in [-0.39, 0.29) is 5.91 Å². The minimum Gasteiger partial charge on any atom is -0.312 e. The first-order valence-electron chi connectivity index (χ1n) is 6.52. The lowest BCUT2D eigenvalue weighted by Crippen LogP contribution is -2.10. The molecule has 0 saturated carbocycles. The van der Waals surface area contributed by atoms with Crippen molar-refractivity contribution in [2.45, 2.75) is 23.0 Å².